The molecule has 3 rings (SSSR count). The average Bonchev–Trinajstić information content (AvgIpc) is 2.41. The summed E-state index contributed by atoms with van der Waals surface area (Å²) in [7, 11) is 0. The highest BCUT2D eigenvalue weighted by Gasteiger charge is 2.25. The number of amides is 1. The Kier molecular flexibility index (Phi) is 2.66. The molecule has 2 aromatic rings. The normalized spacial score (nSPS) is 17.8. The SMILES string of the molecule is CCC1NC(=O)c2cc3c(C)c(C)cnc3cc2O1. The van der Waals surface area contributed by atoms with Crippen LogP contribution >= 0.6 is 0 Å². The number of rotatable bonds is 1. The second-order valence-corrected chi connectivity index (χ2v) is 4.92. The van der Waals surface area contributed by atoms with Crippen LogP contribution in [-0.4, -0.2) is 17.1 Å². The van der Waals surface area contributed by atoms with Gasteiger partial charge in [0.15, 0.2) is 6.23 Å². The standard InChI is InChI=1S/C15H16N2O2/c1-4-14-17-15(18)11-5-10-9(3)8(2)7-16-12(10)6-13(11)19-14/h5-7,14H,4H2,1-3H3,(H,17,18). The first-order valence-electron chi connectivity index (χ1n) is 6.47. The van der Waals surface area contributed by atoms with Crippen molar-refractivity contribution < 1.29 is 9.53 Å². The van der Waals surface area contributed by atoms with Gasteiger partial charge in [0.2, 0.25) is 0 Å². The van der Waals surface area contributed by atoms with Crippen molar-refractivity contribution in [2.45, 2.75) is 33.4 Å². The average molecular weight is 256 g/mol. The second-order valence-electron chi connectivity index (χ2n) is 4.92. The van der Waals surface area contributed by atoms with Crippen molar-refractivity contribution in [3.8, 4) is 5.75 Å². The number of hydrogen-bond acceptors (Lipinski definition) is 3. The Morgan fingerprint density at radius 2 is 2.16 bits per heavy atom. The van der Waals surface area contributed by atoms with Crippen LogP contribution in [0.2, 0.25) is 0 Å². The van der Waals surface area contributed by atoms with Crippen LogP contribution in [0.1, 0.15) is 34.8 Å². The topological polar surface area (TPSA) is 51.2 Å². The highest BCUT2D eigenvalue weighted by molar-refractivity contribution is 6.02. The van der Waals surface area contributed by atoms with Crippen LogP contribution < -0.4 is 10.1 Å². The maximum Gasteiger partial charge on any atom is 0.257 e. The van der Waals surface area contributed by atoms with Gasteiger partial charge in [-0.05, 0) is 31.0 Å². The van der Waals surface area contributed by atoms with Gasteiger partial charge in [-0.2, -0.15) is 0 Å². The molecule has 1 unspecified atom stereocenters. The summed E-state index contributed by atoms with van der Waals surface area (Å²) < 4.78 is 5.76. The molecule has 2 heterocycles. The van der Waals surface area contributed by atoms with E-state index in [9.17, 15) is 4.79 Å². The quantitative estimate of drug-likeness (QED) is 0.853. The highest BCUT2D eigenvalue weighted by Crippen LogP contribution is 2.30. The van der Waals surface area contributed by atoms with Gasteiger partial charge in [0.05, 0.1) is 11.1 Å². The van der Waals surface area contributed by atoms with Gasteiger partial charge in [-0.3, -0.25) is 9.78 Å². The second kappa shape index (κ2) is 4.23. The Labute approximate surface area is 111 Å². The van der Waals surface area contributed by atoms with Crippen LogP contribution in [0.3, 0.4) is 0 Å². The number of fused-ring (bicyclic) bond motifs is 2. The van der Waals surface area contributed by atoms with Crippen LogP contribution in [0.5, 0.6) is 5.75 Å². The number of carbonyl (C=O) groups excluding carboxylic acids is 1. The molecule has 1 aromatic heterocycles. The summed E-state index contributed by atoms with van der Waals surface area (Å²) in [4.78, 5) is 16.5. The third kappa shape index (κ3) is 1.84. The van der Waals surface area contributed by atoms with Crippen molar-refractivity contribution in [1.29, 1.82) is 0 Å². The predicted octanol–water partition coefficient (Wildman–Crippen LogP) is 2.71. The number of nitrogens with one attached hydrogen (secondary N) is 1. The summed E-state index contributed by atoms with van der Waals surface area (Å²) in [5, 5.41) is 3.85. The monoisotopic (exact) mass is 256 g/mol. The smallest absolute Gasteiger partial charge is 0.257 e. The van der Waals surface area contributed by atoms with E-state index in [0.29, 0.717) is 11.3 Å². The van der Waals surface area contributed by atoms with Crippen LogP contribution in [0.25, 0.3) is 10.9 Å². The lowest BCUT2D eigenvalue weighted by Crippen LogP contribution is -2.42. The van der Waals surface area contributed by atoms with Gasteiger partial charge in [-0.15, -0.1) is 0 Å². The minimum atomic E-state index is -0.246. The van der Waals surface area contributed by atoms with Gasteiger partial charge < -0.3 is 10.1 Å². The molecule has 0 spiro atoms. The van der Waals surface area contributed by atoms with E-state index in [1.165, 1.54) is 0 Å². The number of hydrogen-bond donors (Lipinski definition) is 1. The maximum absolute atomic E-state index is 12.1. The molecule has 4 nitrogen and oxygen atoms in total. The fourth-order valence-electron chi connectivity index (χ4n) is 2.32. The van der Waals surface area contributed by atoms with Gasteiger partial charge >= 0.3 is 0 Å². The molecule has 0 radical (unpaired) electrons. The fourth-order valence-corrected chi connectivity index (χ4v) is 2.32. The van der Waals surface area contributed by atoms with Gasteiger partial charge in [-0.1, -0.05) is 6.92 Å². The zero-order chi connectivity index (χ0) is 13.6. The third-order valence-corrected chi connectivity index (χ3v) is 3.67. The Hall–Kier alpha value is -2.10. The van der Waals surface area contributed by atoms with Crippen molar-refractivity contribution in [1.82, 2.24) is 10.3 Å². The summed E-state index contributed by atoms with van der Waals surface area (Å²) in [6.07, 6.45) is 2.34. The van der Waals surface area contributed by atoms with Crippen molar-refractivity contribution in [2.75, 3.05) is 0 Å². The predicted molar refractivity (Wildman–Crippen MR) is 73.4 cm³/mol. The number of ether oxygens (including phenoxy) is 1. The van der Waals surface area contributed by atoms with Gasteiger partial charge in [0.25, 0.3) is 5.91 Å². The zero-order valence-electron chi connectivity index (χ0n) is 11.3. The van der Waals surface area contributed by atoms with E-state index in [0.717, 1.165) is 28.5 Å². The molecule has 1 aliphatic rings. The van der Waals surface area contributed by atoms with Gasteiger partial charge in [0.1, 0.15) is 5.75 Å². The lowest BCUT2D eigenvalue weighted by Gasteiger charge is -2.26. The maximum atomic E-state index is 12.1. The van der Waals surface area contributed by atoms with E-state index < -0.39 is 0 Å². The largest absolute Gasteiger partial charge is 0.470 e. The van der Waals surface area contributed by atoms with Crippen molar-refractivity contribution in [3.05, 3.63) is 35.0 Å². The summed E-state index contributed by atoms with van der Waals surface area (Å²) in [5.41, 5.74) is 3.73. The van der Waals surface area contributed by atoms with Crippen molar-refractivity contribution >= 4 is 16.8 Å². The summed E-state index contributed by atoms with van der Waals surface area (Å²) >= 11 is 0. The summed E-state index contributed by atoms with van der Waals surface area (Å²) in [5.74, 6) is 0.551. The van der Waals surface area contributed by atoms with E-state index in [1.54, 1.807) is 0 Å². The number of aryl methyl sites for hydroxylation is 2. The summed E-state index contributed by atoms with van der Waals surface area (Å²) in [6.45, 7) is 6.04. The number of benzene rings is 1. The molecule has 1 amide bonds. The Bertz CT molecular complexity index is 679. The number of pyridine rings is 1. The van der Waals surface area contributed by atoms with E-state index in [-0.39, 0.29) is 12.1 Å². The molecule has 0 aliphatic carbocycles. The molecule has 0 fully saturated rings. The number of aromatic nitrogens is 1. The van der Waals surface area contributed by atoms with E-state index in [2.05, 4.69) is 10.3 Å². The van der Waals surface area contributed by atoms with E-state index >= 15 is 0 Å². The van der Waals surface area contributed by atoms with Crippen LogP contribution in [0, 0.1) is 13.8 Å². The first-order chi connectivity index (χ1) is 9.10. The molecular formula is C15H16N2O2. The van der Waals surface area contributed by atoms with Gasteiger partial charge in [-0.25, -0.2) is 0 Å². The van der Waals surface area contributed by atoms with Crippen molar-refractivity contribution in [3.63, 3.8) is 0 Å². The molecule has 19 heavy (non-hydrogen) atoms. The molecule has 1 atom stereocenters. The molecule has 0 bridgehead atoms. The highest BCUT2D eigenvalue weighted by atomic mass is 16.5. The Morgan fingerprint density at radius 3 is 2.89 bits per heavy atom. The fraction of sp³-hybridized carbons (Fsp3) is 0.333. The molecule has 4 heteroatoms. The van der Waals surface area contributed by atoms with Gasteiger partial charge in [0, 0.05) is 24.1 Å². The molecule has 0 saturated carbocycles. The van der Waals surface area contributed by atoms with Crippen LogP contribution in [0.4, 0.5) is 0 Å². The molecule has 1 aliphatic heterocycles. The minimum absolute atomic E-state index is 0.0732. The van der Waals surface area contributed by atoms with E-state index in [1.807, 2.05) is 39.1 Å². The number of carbonyl (C=O) groups is 1. The minimum Gasteiger partial charge on any atom is -0.470 e. The lowest BCUT2D eigenvalue weighted by atomic mass is 10.0. The third-order valence-electron chi connectivity index (χ3n) is 3.67. The number of nitrogens with zero attached hydrogens (tertiary/aromatic N) is 1. The summed E-state index contributed by atoms with van der Waals surface area (Å²) in [6, 6.07) is 3.74. The molecular weight excluding hydrogens is 240 g/mol. The first kappa shape index (κ1) is 12.0. The molecule has 1 aromatic carbocycles. The van der Waals surface area contributed by atoms with Crippen LogP contribution in [-0.2, 0) is 0 Å². The lowest BCUT2D eigenvalue weighted by molar-refractivity contribution is 0.0751. The molecule has 98 valence electrons. The molecule has 0 saturated heterocycles. The Balaban J connectivity index is 2.23. The van der Waals surface area contributed by atoms with E-state index in [4.69, 9.17) is 4.74 Å². The van der Waals surface area contributed by atoms with Crippen molar-refractivity contribution in [2.24, 2.45) is 0 Å². The van der Waals surface area contributed by atoms with Crippen LogP contribution in [0.15, 0.2) is 18.3 Å². The zero-order valence-corrected chi connectivity index (χ0v) is 11.3. The Morgan fingerprint density at radius 1 is 1.37 bits per heavy atom. The first-order valence-corrected chi connectivity index (χ1v) is 6.47. The molecule has 1 N–H and O–H groups in total.